The van der Waals surface area contributed by atoms with Crippen LogP contribution >= 0.6 is 0 Å². The number of hydrogen-bond donors (Lipinski definition) is 2. The molecule has 1 aromatic carbocycles. The van der Waals surface area contributed by atoms with Gasteiger partial charge in [-0.1, -0.05) is 0 Å². The van der Waals surface area contributed by atoms with E-state index in [1.54, 1.807) is 32.8 Å². The van der Waals surface area contributed by atoms with Crippen molar-refractivity contribution in [3.05, 3.63) is 41.1 Å². The molecule has 1 aliphatic heterocycles. The predicted octanol–water partition coefficient (Wildman–Crippen LogP) is 3.17. The number of ether oxygens (including phenoxy) is 2. The number of nitrogens with one attached hydrogen (secondary N) is 2. The van der Waals surface area contributed by atoms with Crippen LogP contribution in [0.1, 0.15) is 28.5 Å². The van der Waals surface area contributed by atoms with E-state index in [9.17, 15) is 9.59 Å². The Morgan fingerprint density at radius 3 is 2.34 bits per heavy atom. The summed E-state index contributed by atoms with van der Waals surface area (Å²) < 4.78 is 10.3. The second-order valence-corrected chi connectivity index (χ2v) is 6.95. The average molecular weight is 400 g/mol. The molecule has 156 valence electrons. The van der Waals surface area contributed by atoms with Crippen LogP contribution in [-0.2, 0) is 4.74 Å². The maximum atomic E-state index is 12.7. The molecule has 0 aliphatic carbocycles. The molecule has 0 spiro atoms. The van der Waals surface area contributed by atoms with Gasteiger partial charge < -0.3 is 24.3 Å². The van der Waals surface area contributed by atoms with Crippen LogP contribution in [0.25, 0.3) is 0 Å². The minimum Gasteiger partial charge on any atom is -0.497 e. The Labute approximate surface area is 170 Å². The van der Waals surface area contributed by atoms with Crippen molar-refractivity contribution in [1.29, 1.82) is 0 Å². The summed E-state index contributed by atoms with van der Waals surface area (Å²) in [5, 5.41) is 2.90. The van der Waals surface area contributed by atoms with Crippen molar-refractivity contribution >= 4 is 23.5 Å². The van der Waals surface area contributed by atoms with E-state index in [-0.39, 0.29) is 12.0 Å². The third-order valence-corrected chi connectivity index (χ3v) is 5.15. The van der Waals surface area contributed by atoms with Crippen molar-refractivity contribution in [1.82, 2.24) is 9.88 Å². The van der Waals surface area contributed by atoms with Gasteiger partial charge in [0, 0.05) is 43.1 Å². The van der Waals surface area contributed by atoms with Crippen LogP contribution in [0.3, 0.4) is 0 Å². The molecule has 0 atom stereocenters. The Balaban J connectivity index is 1.60. The normalized spacial score (nSPS) is 13.9. The molecule has 0 unspecified atom stereocenters. The number of carbonyl (C=O) groups is 2. The lowest BCUT2D eigenvalue weighted by atomic mass is 10.1. The lowest BCUT2D eigenvalue weighted by Gasteiger charge is -2.36. The number of nitrogens with zero attached hydrogens (tertiary/aromatic N) is 2. The first-order valence-electron chi connectivity index (χ1n) is 9.75. The molecule has 2 amide bonds. The molecular formula is C21H28N4O4. The standard InChI is InChI=1S/C21H28N4O4/c1-5-29-20(26)18-14(2)19(22-15(18)3)23-21(27)25-12-10-24(11-13-25)16-6-8-17(28-4)9-7-16/h6-9,22H,5,10-13H2,1-4H3,(H,23,27). The van der Waals surface area contributed by atoms with E-state index in [2.05, 4.69) is 15.2 Å². The highest BCUT2D eigenvalue weighted by Gasteiger charge is 2.24. The van der Waals surface area contributed by atoms with Crippen LogP contribution in [-0.4, -0.2) is 61.8 Å². The van der Waals surface area contributed by atoms with Crippen LogP contribution in [0.5, 0.6) is 5.75 Å². The summed E-state index contributed by atoms with van der Waals surface area (Å²) >= 11 is 0. The number of amides is 2. The van der Waals surface area contributed by atoms with Gasteiger partial charge in [0.25, 0.3) is 0 Å². The van der Waals surface area contributed by atoms with E-state index < -0.39 is 0 Å². The molecule has 0 radical (unpaired) electrons. The Hall–Kier alpha value is -3.16. The quantitative estimate of drug-likeness (QED) is 0.753. The van der Waals surface area contributed by atoms with Crippen molar-refractivity contribution in [3.63, 3.8) is 0 Å². The van der Waals surface area contributed by atoms with Gasteiger partial charge in [0.2, 0.25) is 0 Å². The van der Waals surface area contributed by atoms with Gasteiger partial charge in [-0.2, -0.15) is 0 Å². The van der Waals surface area contributed by atoms with Gasteiger partial charge in [0.05, 0.1) is 19.3 Å². The predicted molar refractivity (Wildman–Crippen MR) is 112 cm³/mol. The highest BCUT2D eigenvalue weighted by atomic mass is 16.5. The summed E-state index contributed by atoms with van der Waals surface area (Å²) in [6, 6.07) is 7.74. The molecule has 1 fully saturated rings. The number of H-pyrrole nitrogens is 1. The number of urea groups is 1. The molecule has 29 heavy (non-hydrogen) atoms. The van der Waals surface area contributed by atoms with E-state index >= 15 is 0 Å². The largest absolute Gasteiger partial charge is 0.497 e. The average Bonchev–Trinajstić information content (AvgIpc) is 3.01. The highest BCUT2D eigenvalue weighted by Crippen LogP contribution is 2.24. The molecule has 8 nitrogen and oxygen atoms in total. The Kier molecular flexibility index (Phi) is 6.31. The smallest absolute Gasteiger partial charge is 0.340 e. The number of methoxy groups -OCH3 is 1. The number of aromatic amines is 1. The minimum absolute atomic E-state index is 0.181. The van der Waals surface area contributed by atoms with E-state index in [0.29, 0.717) is 42.3 Å². The van der Waals surface area contributed by atoms with Crippen LogP contribution in [0, 0.1) is 13.8 Å². The van der Waals surface area contributed by atoms with Crippen molar-refractivity contribution in [2.45, 2.75) is 20.8 Å². The van der Waals surface area contributed by atoms with Gasteiger partial charge in [-0.05, 0) is 45.0 Å². The molecule has 1 aliphatic rings. The van der Waals surface area contributed by atoms with Crippen LogP contribution in [0.15, 0.2) is 24.3 Å². The summed E-state index contributed by atoms with van der Waals surface area (Å²) in [7, 11) is 1.65. The van der Waals surface area contributed by atoms with Crippen molar-refractivity contribution in [3.8, 4) is 5.75 Å². The first-order chi connectivity index (χ1) is 13.9. The maximum Gasteiger partial charge on any atom is 0.340 e. The fraction of sp³-hybridized carbons (Fsp3) is 0.429. The fourth-order valence-electron chi connectivity index (χ4n) is 3.53. The van der Waals surface area contributed by atoms with Gasteiger partial charge in [0.15, 0.2) is 0 Å². The van der Waals surface area contributed by atoms with E-state index in [0.717, 1.165) is 24.5 Å². The van der Waals surface area contributed by atoms with E-state index in [1.165, 1.54) is 0 Å². The van der Waals surface area contributed by atoms with Gasteiger partial charge in [-0.15, -0.1) is 0 Å². The summed E-state index contributed by atoms with van der Waals surface area (Å²) in [5.41, 5.74) is 2.96. The zero-order chi connectivity index (χ0) is 21.0. The SMILES string of the molecule is CCOC(=O)c1c(C)[nH]c(NC(=O)N2CCN(c3ccc(OC)cc3)CC2)c1C. The van der Waals surface area contributed by atoms with Crippen LogP contribution in [0.4, 0.5) is 16.3 Å². The van der Waals surface area contributed by atoms with Crippen LogP contribution < -0.4 is 15.0 Å². The number of rotatable bonds is 5. The summed E-state index contributed by atoms with van der Waals surface area (Å²) in [5.74, 6) is 0.978. The third-order valence-electron chi connectivity index (χ3n) is 5.15. The number of piperazine rings is 1. The van der Waals surface area contributed by atoms with Crippen molar-refractivity contribution < 1.29 is 19.1 Å². The molecular weight excluding hydrogens is 372 g/mol. The summed E-state index contributed by atoms with van der Waals surface area (Å²) in [4.78, 5) is 31.9. The van der Waals surface area contributed by atoms with Gasteiger partial charge in [0.1, 0.15) is 11.6 Å². The topological polar surface area (TPSA) is 86.9 Å². The second kappa shape index (κ2) is 8.89. The molecule has 2 heterocycles. The molecule has 2 aromatic rings. The lowest BCUT2D eigenvalue weighted by Crippen LogP contribution is -2.50. The summed E-state index contributed by atoms with van der Waals surface area (Å²) in [6.45, 7) is 8.39. The molecule has 1 saturated heterocycles. The van der Waals surface area contributed by atoms with E-state index in [1.807, 2.05) is 24.3 Å². The zero-order valence-corrected chi connectivity index (χ0v) is 17.4. The molecule has 2 N–H and O–H groups in total. The van der Waals surface area contributed by atoms with Gasteiger partial charge in [-0.3, -0.25) is 5.32 Å². The molecule has 0 saturated carbocycles. The number of anilines is 2. The number of aromatic nitrogens is 1. The fourth-order valence-corrected chi connectivity index (χ4v) is 3.53. The van der Waals surface area contributed by atoms with Crippen molar-refractivity contribution in [2.24, 2.45) is 0 Å². The lowest BCUT2D eigenvalue weighted by molar-refractivity contribution is 0.0525. The Morgan fingerprint density at radius 2 is 1.76 bits per heavy atom. The number of carbonyl (C=O) groups excluding carboxylic acids is 2. The van der Waals surface area contributed by atoms with Gasteiger partial charge in [-0.25, -0.2) is 9.59 Å². The van der Waals surface area contributed by atoms with Crippen molar-refractivity contribution in [2.75, 3.05) is 50.1 Å². The zero-order valence-electron chi connectivity index (χ0n) is 17.4. The molecule has 1 aromatic heterocycles. The third kappa shape index (κ3) is 4.47. The monoisotopic (exact) mass is 400 g/mol. The maximum absolute atomic E-state index is 12.7. The molecule has 8 heteroatoms. The number of benzene rings is 1. The first kappa shape index (κ1) is 20.6. The second-order valence-electron chi connectivity index (χ2n) is 6.95. The first-order valence-corrected chi connectivity index (χ1v) is 9.75. The highest BCUT2D eigenvalue weighted by molar-refractivity contribution is 5.97. The molecule has 3 rings (SSSR count). The van der Waals surface area contributed by atoms with Gasteiger partial charge >= 0.3 is 12.0 Å². The number of esters is 1. The Bertz CT molecular complexity index is 868. The van der Waals surface area contributed by atoms with E-state index in [4.69, 9.17) is 9.47 Å². The number of aryl methyl sites for hydroxylation is 1. The molecule has 0 bridgehead atoms. The number of hydrogen-bond acceptors (Lipinski definition) is 5. The Morgan fingerprint density at radius 1 is 1.10 bits per heavy atom. The van der Waals surface area contributed by atoms with Crippen LogP contribution in [0.2, 0.25) is 0 Å². The summed E-state index contributed by atoms with van der Waals surface area (Å²) in [6.07, 6.45) is 0. The minimum atomic E-state index is -0.382.